The molecule has 0 fully saturated rings. The van der Waals surface area contributed by atoms with Crippen molar-refractivity contribution in [3.63, 3.8) is 0 Å². The molecule has 0 spiro atoms. The van der Waals surface area contributed by atoms with Crippen LogP contribution in [0.15, 0.2) is 109 Å². The third-order valence-electron chi connectivity index (χ3n) is 15.8. The molecule has 0 aliphatic heterocycles. The summed E-state index contributed by atoms with van der Waals surface area (Å²) in [7, 11) is -9.98. The molecule has 0 saturated carbocycles. The Morgan fingerprint density at radius 3 is 0.918 bits per heavy atom. The summed E-state index contributed by atoms with van der Waals surface area (Å²) in [5, 5.41) is 10.6. The fourth-order valence-corrected chi connectivity index (χ4v) is 11.6. The number of unbranched alkanes of at least 4 members (excludes halogenated alkanes) is 28. The van der Waals surface area contributed by atoms with E-state index in [1.54, 1.807) is 6.08 Å². The maximum absolute atomic E-state index is 13.1. The highest BCUT2D eigenvalue weighted by molar-refractivity contribution is 7.47. The van der Waals surface area contributed by atoms with Crippen molar-refractivity contribution in [1.82, 2.24) is 0 Å². The zero-order valence-electron chi connectivity index (χ0n) is 61.4. The summed E-state index contributed by atoms with van der Waals surface area (Å²) in [6.07, 6.45) is 75.4. The van der Waals surface area contributed by atoms with Gasteiger partial charge >= 0.3 is 39.5 Å². The Morgan fingerprint density at radius 1 is 0.306 bits per heavy atom. The van der Waals surface area contributed by atoms with E-state index in [1.807, 2.05) is 18.2 Å². The Balaban J connectivity index is 5.42. The lowest BCUT2D eigenvalue weighted by molar-refractivity contribution is -0.161. The van der Waals surface area contributed by atoms with Crippen molar-refractivity contribution in [2.24, 2.45) is 0 Å². The fourth-order valence-electron chi connectivity index (χ4n) is 10.0. The minimum absolute atomic E-state index is 0.0547. The molecule has 0 aliphatic rings. The van der Waals surface area contributed by atoms with E-state index in [0.717, 1.165) is 141 Å². The van der Waals surface area contributed by atoms with Crippen molar-refractivity contribution in [3.05, 3.63) is 109 Å². The van der Waals surface area contributed by atoms with Gasteiger partial charge in [0.2, 0.25) is 0 Å². The topological polar surface area (TPSA) is 237 Å². The number of phosphoric acid groups is 2. The molecule has 564 valence electrons. The predicted octanol–water partition coefficient (Wildman–Crippen LogP) is 21.8. The van der Waals surface area contributed by atoms with Crippen LogP contribution in [0.25, 0.3) is 0 Å². The van der Waals surface area contributed by atoms with E-state index in [-0.39, 0.29) is 25.7 Å². The molecule has 3 N–H and O–H groups in total. The Hall–Kier alpha value is -4.28. The van der Waals surface area contributed by atoms with Gasteiger partial charge in [0.05, 0.1) is 32.8 Å². The number of hydrogen-bond donors (Lipinski definition) is 3. The van der Waals surface area contributed by atoms with Gasteiger partial charge in [0, 0.05) is 19.3 Å². The molecule has 0 aromatic rings. The molecule has 0 bridgehead atoms. The number of aliphatic hydroxyl groups excluding tert-OH is 1. The van der Waals surface area contributed by atoms with Gasteiger partial charge in [-0.1, -0.05) is 285 Å². The third kappa shape index (κ3) is 70.2. The van der Waals surface area contributed by atoms with Gasteiger partial charge in [-0.2, -0.15) is 0 Å². The van der Waals surface area contributed by atoms with E-state index in [0.29, 0.717) is 25.7 Å². The number of aliphatic hydroxyl groups is 1. The van der Waals surface area contributed by atoms with Crippen LogP contribution in [-0.4, -0.2) is 96.7 Å². The molecule has 0 saturated heterocycles. The number of esters is 4. The lowest BCUT2D eigenvalue weighted by atomic mass is 10.0. The van der Waals surface area contributed by atoms with E-state index < -0.39 is 97.5 Å². The highest BCUT2D eigenvalue weighted by Crippen LogP contribution is 2.45. The molecular weight excluding hydrogens is 1280 g/mol. The van der Waals surface area contributed by atoms with E-state index in [2.05, 4.69) is 113 Å². The fraction of sp³-hybridized carbons (Fsp3) is 0.722. The molecule has 19 heteroatoms. The van der Waals surface area contributed by atoms with Crippen LogP contribution < -0.4 is 0 Å². The third-order valence-corrected chi connectivity index (χ3v) is 17.7. The van der Waals surface area contributed by atoms with Crippen molar-refractivity contribution in [3.8, 4) is 0 Å². The summed E-state index contributed by atoms with van der Waals surface area (Å²) in [5.41, 5.74) is 0. The Kier molecular flexibility index (Phi) is 68.0. The van der Waals surface area contributed by atoms with Gasteiger partial charge in [-0.25, -0.2) is 9.13 Å². The quantitative estimate of drug-likeness (QED) is 0.0169. The first-order valence-corrected chi connectivity index (χ1v) is 41.1. The van der Waals surface area contributed by atoms with Crippen molar-refractivity contribution in [2.45, 2.75) is 329 Å². The number of carbonyl (C=O) groups is 4. The standard InChI is InChI=1S/C79H136O17P2/c1-5-9-13-17-21-25-29-33-36-40-43-47-51-55-59-63-76(81)89-69-74(95-78(83)65-61-57-53-49-45-39-32-28-24-20-16-12-8-4)71-93-97(85,86)91-67-73(80)68-92-98(87,88)94-72-75(96-79(84)66-62-58-54-50-46-42-38-35-31-27-23-19-15-11-7-3)70-90-77(82)64-60-56-52-48-44-41-37-34-30-26-22-18-14-10-6-2/h10-11,14-15,22-23,26-27,33-38,44,48,56,60,73-75,80H,5-9,12-13,16-21,24-25,28-32,39-43,45-47,49-55,57-59,61-72H2,1-4H3,(H,85,86)(H,87,88)/b14-10-,15-11-,26-22-,27-23-,36-33-,37-34-,38-35-,48-44-,60-56-. The van der Waals surface area contributed by atoms with Gasteiger partial charge in [0.1, 0.15) is 19.3 Å². The SMILES string of the molecule is CC/C=C\C/C=C\C/C=C\C/C=C\C/C=C\CC(=O)OCC(COP(=O)(O)OCC(O)COP(=O)(O)OCC(COC(=O)CCCCCCC/C=C\CCCCCCCC)OC(=O)CCCCCCCCCCCCCCC)OC(=O)CCCCCCC/C=C\C/C=C\C/C=C\CC. The van der Waals surface area contributed by atoms with E-state index >= 15 is 0 Å². The van der Waals surface area contributed by atoms with E-state index in [4.69, 9.17) is 37.0 Å². The van der Waals surface area contributed by atoms with Crippen LogP contribution in [0.2, 0.25) is 0 Å². The summed E-state index contributed by atoms with van der Waals surface area (Å²) >= 11 is 0. The van der Waals surface area contributed by atoms with Crippen molar-refractivity contribution in [1.29, 1.82) is 0 Å². The zero-order valence-corrected chi connectivity index (χ0v) is 63.2. The predicted molar refractivity (Wildman–Crippen MR) is 399 cm³/mol. The van der Waals surface area contributed by atoms with Gasteiger partial charge in [-0.05, 0) is 109 Å². The molecule has 5 atom stereocenters. The van der Waals surface area contributed by atoms with Gasteiger partial charge in [-0.3, -0.25) is 37.3 Å². The molecule has 98 heavy (non-hydrogen) atoms. The van der Waals surface area contributed by atoms with Crippen molar-refractivity contribution < 1.29 is 80.2 Å². The molecule has 0 aromatic heterocycles. The lowest BCUT2D eigenvalue weighted by Crippen LogP contribution is -2.30. The molecule has 0 rings (SSSR count). The van der Waals surface area contributed by atoms with Crippen LogP contribution in [0.5, 0.6) is 0 Å². The number of phosphoric ester groups is 2. The Bertz CT molecular complexity index is 2290. The molecule has 0 radical (unpaired) electrons. The van der Waals surface area contributed by atoms with Gasteiger partial charge < -0.3 is 33.8 Å². The van der Waals surface area contributed by atoms with Gasteiger partial charge in [0.15, 0.2) is 12.2 Å². The second-order valence-electron chi connectivity index (χ2n) is 25.2. The molecule has 17 nitrogen and oxygen atoms in total. The highest BCUT2D eigenvalue weighted by Gasteiger charge is 2.30. The summed E-state index contributed by atoms with van der Waals surface area (Å²) in [6.45, 7) is 4.52. The first-order valence-electron chi connectivity index (χ1n) is 38.1. The monoisotopic (exact) mass is 1420 g/mol. The largest absolute Gasteiger partial charge is 0.472 e. The van der Waals surface area contributed by atoms with Crippen molar-refractivity contribution in [2.75, 3.05) is 39.6 Å². The van der Waals surface area contributed by atoms with E-state index in [1.165, 1.54) is 89.9 Å². The maximum atomic E-state index is 13.1. The number of hydrogen-bond acceptors (Lipinski definition) is 15. The minimum atomic E-state index is -5.00. The molecule has 0 aromatic carbocycles. The summed E-state index contributed by atoms with van der Waals surface area (Å²) in [5.74, 6) is -2.34. The second kappa shape index (κ2) is 71.1. The first kappa shape index (κ1) is 93.7. The first-order chi connectivity index (χ1) is 47.7. The molecule has 0 aliphatic carbocycles. The Morgan fingerprint density at radius 2 is 0.571 bits per heavy atom. The molecule has 0 amide bonds. The van der Waals surface area contributed by atoms with Crippen LogP contribution in [0.1, 0.15) is 310 Å². The molecule has 0 heterocycles. The normalized spacial score (nSPS) is 14.6. The lowest BCUT2D eigenvalue weighted by Gasteiger charge is -2.21. The smallest absolute Gasteiger partial charge is 0.462 e. The van der Waals surface area contributed by atoms with Crippen LogP contribution >= 0.6 is 15.6 Å². The maximum Gasteiger partial charge on any atom is 0.472 e. The number of carbonyl (C=O) groups excluding carboxylic acids is 4. The molecular formula is C79H136O17P2. The highest BCUT2D eigenvalue weighted by atomic mass is 31.2. The zero-order chi connectivity index (χ0) is 71.8. The average molecular weight is 1420 g/mol. The van der Waals surface area contributed by atoms with Crippen LogP contribution in [0.4, 0.5) is 0 Å². The average Bonchev–Trinajstić information content (AvgIpc) is 1.04. The summed E-state index contributed by atoms with van der Waals surface area (Å²) < 4.78 is 68.3. The molecule has 5 unspecified atom stereocenters. The van der Waals surface area contributed by atoms with Crippen molar-refractivity contribution >= 4 is 39.5 Å². The van der Waals surface area contributed by atoms with E-state index in [9.17, 15) is 43.2 Å². The minimum Gasteiger partial charge on any atom is -0.462 e. The van der Waals surface area contributed by atoms with Crippen LogP contribution in [-0.2, 0) is 65.4 Å². The number of rotatable bonds is 71. The van der Waals surface area contributed by atoms with Gasteiger partial charge in [0.25, 0.3) is 0 Å². The van der Waals surface area contributed by atoms with Crippen LogP contribution in [0.3, 0.4) is 0 Å². The second-order valence-corrected chi connectivity index (χ2v) is 28.1. The number of allylic oxidation sites excluding steroid dienone is 17. The van der Waals surface area contributed by atoms with Gasteiger partial charge in [-0.15, -0.1) is 0 Å². The van der Waals surface area contributed by atoms with Crippen LogP contribution in [0, 0.1) is 0 Å². The summed E-state index contributed by atoms with van der Waals surface area (Å²) in [6, 6.07) is 0. The summed E-state index contributed by atoms with van der Waals surface area (Å²) in [4.78, 5) is 72.8. The Labute approximate surface area is 594 Å². The number of ether oxygens (including phenoxy) is 4.